The van der Waals surface area contributed by atoms with Gasteiger partial charge >= 0.3 is 11.6 Å². The minimum atomic E-state index is -0.818. The van der Waals surface area contributed by atoms with Gasteiger partial charge in [0.15, 0.2) is 17.1 Å². The quantitative estimate of drug-likeness (QED) is 0.512. The molecule has 1 aromatic heterocycles. The minimum absolute atomic E-state index is 0.148. The molecule has 0 spiro atoms. The Morgan fingerprint density at radius 1 is 1.00 bits per heavy atom. The first-order chi connectivity index (χ1) is 12.5. The number of para-hydroxylation sites is 1. The zero-order valence-corrected chi connectivity index (χ0v) is 14.6. The molecule has 3 rings (SSSR count). The van der Waals surface area contributed by atoms with Gasteiger partial charge in [0.2, 0.25) is 0 Å². The highest BCUT2D eigenvalue weighted by Gasteiger charge is 2.23. The first kappa shape index (κ1) is 17.5. The Morgan fingerprint density at radius 2 is 1.73 bits per heavy atom. The Kier molecular flexibility index (Phi) is 4.93. The maximum Gasteiger partial charge on any atom is 0.383 e. The van der Waals surface area contributed by atoms with E-state index in [0.29, 0.717) is 16.7 Å². The van der Waals surface area contributed by atoms with Gasteiger partial charge in [0.05, 0.1) is 24.2 Å². The van der Waals surface area contributed by atoms with Gasteiger partial charge < -0.3 is 18.6 Å². The highest BCUT2D eigenvalue weighted by atomic mass is 16.6. The van der Waals surface area contributed by atoms with Crippen molar-refractivity contribution in [1.29, 1.82) is 0 Å². The molecular formula is C20H18O6. The minimum Gasteiger partial charge on any atom is -0.493 e. The van der Waals surface area contributed by atoms with Crippen LogP contribution in [0, 0.1) is 0 Å². The van der Waals surface area contributed by atoms with E-state index in [1.54, 1.807) is 48.5 Å². The molecule has 0 saturated heterocycles. The highest BCUT2D eigenvalue weighted by molar-refractivity contribution is 5.94. The number of methoxy groups -OCH3 is 1. The molecule has 0 N–H and O–H groups in total. The Bertz CT molecular complexity index is 988. The molecule has 26 heavy (non-hydrogen) atoms. The van der Waals surface area contributed by atoms with E-state index in [1.165, 1.54) is 7.11 Å². The lowest BCUT2D eigenvalue weighted by atomic mass is 10.2. The normalized spacial score (nSPS) is 10.8. The number of rotatable bonds is 5. The molecule has 0 aliphatic heterocycles. The third-order valence-electron chi connectivity index (χ3n) is 3.59. The molecule has 3 aromatic rings. The molecule has 0 unspecified atom stereocenters. The summed E-state index contributed by atoms with van der Waals surface area (Å²) in [6.45, 7) is 3.62. The molecule has 0 radical (unpaired) electrons. The topological polar surface area (TPSA) is 75.0 Å². The highest BCUT2D eigenvalue weighted by Crippen LogP contribution is 2.37. The van der Waals surface area contributed by atoms with Crippen molar-refractivity contribution in [3.8, 4) is 17.2 Å². The summed E-state index contributed by atoms with van der Waals surface area (Å²) in [4.78, 5) is 24.9. The lowest BCUT2D eigenvalue weighted by molar-refractivity contribution is 0.0718. The third kappa shape index (κ3) is 3.39. The van der Waals surface area contributed by atoms with E-state index in [9.17, 15) is 9.59 Å². The standard InChI is InChI=1S/C20H18O6/c1-12(2)24-17-14-10-7-11-15(23-3)16(14)25-20(22)18(17)26-19(21)13-8-5-4-6-9-13/h4-12H,1-3H3. The second-order valence-electron chi connectivity index (χ2n) is 5.81. The molecule has 0 saturated carbocycles. The molecule has 2 aromatic carbocycles. The third-order valence-corrected chi connectivity index (χ3v) is 3.59. The van der Waals surface area contributed by atoms with Crippen molar-refractivity contribution in [2.45, 2.75) is 20.0 Å². The van der Waals surface area contributed by atoms with Crippen molar-refractivity contribution < 1.29 is 23.4 Å². The van der Waals surface area contributed by atoms with Crippen molar-refractivity contribution in [3.05, 3.63) is 64.5 Å². The van der Waals surface area contributed by atoms with Crippen LogP contribution in [0.3, 0.4) is 0 Å². The predicted molar refractivity (Wildman–Crippen MR) is 96.2 cm³/mol. The smallest absolute Gasteiger partial charge is 0.383 e. The molecule has 0 atom stereocenters. The fourth-order valence-corrected chi connectivity index (χ4v) is 2.48. The maximum atomic E-state index is 12.5. The Balaban J connectivity index is 2.16. The predicted octanol–water partition coefficient (Wildman–Crippen LogP) is 3.81. The lowest BCUT2D eigenvalue weighted by Gasteiger charge is -2.16. The van der Waals surface area contributed by atoms with Crippen LogP contribution in [-0.4, -0.2) is 19.2 Å². The average molecular weight is 354 g/mol. The second-order valence-corrected chi connectivity index (χ2v) is 5.81. The number of hydrogen-bond donors (Lipinski definition) is 0. The van der Waals surface area contributed by atoms with Crippen LogP contribution in [-0.2, 0) is 0 Å². The van der Waals surface area contributed by atoms with Crippen LogP contribution in [0.2, 0.25) is 0 Å². The van der Waals surface area contributed by atoms with Gasteiger partial charge in [-0.3, -0.25) is 0 Å². The lowest BCUT2D eigenvalue weighted by Crippen LogP contribution is -2.18. The van der Waals surface area contributed by atoms with E-state index < -0.39 is 11.6 Å². The monoisotopic (exact) mass is 354 g/mol. The largest absolute Gasteiger partial charge is 0.493 e. The Hall–Kier alpha value is -3.28. The van der Waals surface area contributed by atoms with Crippen LogP contribution in [0.25, 0.3) is 11.0 Å². The Labute approximate surface area is 149 Å². The first-order valence-electron chi connectivity index (χ1n) is 8.09. The van der Waals surface area contributed by atoms with E-state index in [-0.39, 0.29) is 23.2 Å². The summed E-state index contributed by atoms with van der Waals surface area (Å²) in [7, 11) is 1.47. The molecule has 0 aliphatic rings. The number of benzene rings is 2. The van der Waals surface area contributed by atoms with Crippen LogP contribution in [0.1, 0.15) is 24.2 Å². The zero-order chi connectivity index (χ0) is 18.7. The molecule has 1 heterocycles. The van der Waals surface area contributed by atoms with Gasteiger partial charge in [0, 0.05) is 0 Å². The summed E-state index contributed by atoms with van der Waals surface area (Å²) in [6.07, 6.45) is -0.250. The van der Waals surface area contributed by atoms with E-state index in [1.807, 2.05) is 13.8 Å². The van der Waals surface area contributed by atoms with E-state index in [0.717, 1.165) is 0 Å². The number of ether oxygens (including phenoxy) is 3. The summed E-state index contributed by atoms with van der Waals surface area (Å²) >= 11 is 0. The summed E-state index contributed by atoms with van der Waals surface area (Å²) in [5, 5.41) is 0.480. The van der Waals surface area contributed by atoms with E-state index >= 15 is 0 Å². The summed E-state index contributed by atoms with van der Waals surface area (Å²) in [5.74, 6) is -0.425. The number of esters is 1. The molecule has 0 amide bonds. The molecule has 6 heteroatoms. The molecule has 134 valence electrons. The second kappa shape index (κ2) is 7.31. The van der Waals surface area contributed by atoms with Crippen molar-refractivity contribution in [2.75, 3.05) is 7.11 Å². The van der Waals surface area contributed by atoms with E-state index in [4.69, 9.17) is 18.6 Å². The molecular weight excluding hydrogens is 336 g/mol. The number of carbonyl (C=O) groups excluding carboxylic acids is 1. The molecule has 0 bridgehead atoms. The van der Waals surface area contributed by atoms with Gasteiger partial charge in [-0.2, -0.15) is 0 Å². The van der Waals surface area contributed by atoms with Gasteiger partial charge in [-0.1, -0.05) is 24.3 Å². The van der Waals surface area contributed by atoms with Crippen molar-refractivity contribution in [3.63, 3.8) is 0 Å². The Morgan fingerprint density at radius 3 is 2.38 bits per heavy atom. The van der Waals surface area contributed by atoms with Crippen molar-refractivity contribution >= 4 is 16.9 Å². The first-order valence-corrected chi connectivity index (χ1v) is 8.09. The van der Waals surface area contributed by atoms with Crippen LogP contribution in [0.15, 0.2) is 57.7 Å². The van der Waals surface area contributed by atoms with Gasteiger partial charge in [-0.05, 0) is 38.1 Å². The molecule has 0 fully saturated rings. The van der Waals surface area contributed by atoms with Gasteiger partial charge in [0.25, 0.3) is 5.75 Å². The summed E-state index contributed by atoms with van der Waals surface area (Å²) in [5.41, 5.74) is -0.273. The average Bonchev–Trinajstić information content (AvgIpc) is 2.64. The summed E-state index contributed by atoms with van der Waals surface area (Å²) < 4.78 is 21.7. The number of hydrogen-bond acceptors (Lipinski definition) is 6. The van der Waals surface area contributed by atoms with Crippen molar-refractivity contribution in [1.82, 2.24) is 0 Å². The van der Waals surface area contributed by atoms with Crippen LogP contribution >= 0.6 is 0 Å². The molecule has 0 aliphatic carbocycles. The van der Waals surface area contributed by atoms with Crippen LogP contribution in [0.5, 0.6) is 17.2 Å². The van der Waals surface area contributed by atoms with Crippen molar-refractivity contribution in [2.24, 2.45) is 0 Å². The zero-order valence-electron chi connectivity index (χ0n) is 14.6. The fraction of sp³-hybridized carbons (Fsp3) is 0.200. The van der Waals surface area contributed by atoms with Crippen LogP contribution in [0.4, 0.5) is 0 Å². The van der Waals surface area contributed by atoms with Gasteiger partial charge in [0.1, 0.15) is 0 Å². The van der Waals surface area contributed by atoms with Gasteiger partial charge in [-0.15, -0.1) is 0 Å². The van der Waals surface area contributed by atoms with Gasteiger partial charge in [-0.25, -0.2) is 9.59 Å². The summed E-state index contributed by atoms with van der Waals surface area (Å²) in [6, 6.07) is 13.5. The maximum absolute atomic E-state index is 12.5. The number of fused-ring (bicyclic) bond motifs is 1. The SMILES string of the molecule is COc1cccc2c(OC(C)C)c(OC(=O)c3ccccc3)c(=O)oc12. The number of carbonyl (C=O) groups is 1. The van der Waals surface area contributed by atoms with Crippen LogP contribution < -0.4 is 19.8 Å². The fourth-order valence-electron chi connectivity index (χ4n) is 2.48. The van der Waals surface area contributed by atoms with E-state index in [2.05, 4.69) is 0 Å². The molecule has 6 nitrogen and oxygen atoms in total.